The average Bonchev–Trinajstić information content (AvgIpc) is 3.27. The first kappa shape index (κ1) is 19.7. The highest BCUT2D eigenvalue weighted by Crippen LogP contribution is 2.40. The van der Waals surface area contributed by atoms with Crippen molar-refractivity contribution in [1.82, 2.24) is 9.47 Å². The largest absolute Gasteiger partial charge is 0.507 e. The number of phenols is 1. The lowest BCUT2D eigenvalue weighted by Crippen LogP contribution is -2.35. The zero-order chi connectivity index (χ0) is 21.5. The van der Waals surface area contributed by atoms with Gasteiger partial charge in [0.25, 0.3) is 0 Å². The second-order valence-electron chi connectivity index (χ2n) is 7.85. The average molecular weight is 420 g/mol. The normalized spacial score (nSPS) is 17.9. The van der Waals surface area contributed by atoms with E-state index in [-0.39, 0.29) is 17.3 Å². The van der Waals surface area contributed by atoms with Gasteiger partial charge >= 0.3 is 0 Å². The summed E-state index contributed by atoms with van der Waals surface area (Å²) in [6, 6.07) is 9.04. The SMILES string of the molecule is COc1ccc2c(c1)c(/C=C1\Oc3c(ccc(O)c3CN3CCOCC3)C1=O)cn2C. The van der Waals surface area contributed by atoms with Gasteiger partial charge in [-0.05, 0) is 36.4 Å². The van der Waals surface area contributed by atoms with Crippen molar-refractivity contribution in [2.45, 2.75) is 6.54 Å². The van der Waals surface area contributed by atoms with Crippen molar-refractivity contribution in [3.8, 4) is 17.2 Å². The molecule has 0 bridgehead atoms. The van der Waals surface area contributed by atoms with Crippen LogP contribution in [-0.2, 0) is 18.3 Å². The summed E-state index contributed by atoms with van der Waals surface area (Å²) in [7, 11) is 3.59. The quantitative estimate of drug-likeness (QED) is 0.653. The number of rotatable bonds is 4. The fraction of sp³-hybridized carbons (Fsp3) is 0.292. The lowest BCUT2D eigenvalue weighted by Gasteiger charge is -2.27. The first-order chi connectivity index (χ1) is 15.0. The summed E-state index contributed by atoms with van der Waals surface area (Å²) >= 11 is 0. The molecule has 2 aromatic carbocycles. The van der Waals surface area contributed by atoms with Crippen molar-refractivity contribution in [2.24, 2.45) is 7.05 Å². The Morgan fingerprint density at radius 1 is 1.19 bits per heavy atom. The highest BCUT2D eigenvalue weighted by molar-refractivity contribution is 6.15. The summed E-state index contributed by atoms with van der Waals surface area (Å²) in [5.74, 6) is 1.39. The number of allylic oxidation sites excluding steroid dienone is 1. The molecule has 0 aliphatic carbocycles. The number of fused-ring (bicyclic) bond motifs is 2. The molecule has 7 heteroatoms. The van der Waals surface area contributed by atoms with E-state index in [1.165, 1.54) is 0 Å². The molecule has 2 aliphatic rings. The van der Waals surface area contributed by atoms with Crippen molar-refractivity contribution in [1.29, 1.82) is 0 Å². The van der Waals surface area contributed by atoms with Gasteiger partial charge in [-0.25, -0.2) is 0 Å². The first-order valence-electron chi connectivity index (χ1n) is 10.3. The molecule has 5 rings (SSSR count). The lowest BCUT2D eigenvalue weighted by molar-refractivity contribution is 0.0336. The molecule has 1 saturated heterocycles. The van der Waals surface area contributed by atoms with Gasteiger partial charge in [-0.1, -0.05) is 0 Å². The van der Waals surface area contributed by atoms with E-state index in [1.807, 2.05) is 36.0 Å². The molecular formula is C24H24N2O5. The minimum atomic E-state index is -0.182. The van der Waals surface area contributed by atoms with Crippen LogP contribution in [0.4, 0.5) is 0 Å². The molecule has 0 atom stereocenters. The summed E-state index contributed by atoms with van der Waals surface area (Å²) in [6.45, 7) is 3.37. The van der Waals surface area contributed by atoms with Crippen LogP contribution in [0.15, 0.2) is 42.3 Å². The van der Waals surface area contributed by atoms with Crippen LogP contribution in [-0.4, -0.2) is 53.8 Å². The van der Waals surface area contributed by atoms with Gasteiger partial charge in [-0.3, -0.25) is 9.69 Å². The topological polar surface area (TPSA) is 73.2 Å². The molecule has 0 unspecified atom stereocenters. The molecule has 1 N–H and O–H groups in total. The van der Waals surface area contributed by atoms with Gasteiger partial charge in [-0.15, -0.1) is 0 Å². The van der Waals surface area contributed by atoms with Crippen LogP contribution in [0, 0.1) is 0 Å². The number of phenolic OH excluding ortho intramolecular Hbond substituents is 1. The van der Waals surface area contributed by atoms with Gasteiger partial charge in [0.2, 0.25) is 5.78 Å². The monoisotopic (exact) mass is 420 g/mol. The highest BCUT2D eigenvalue weighted by Gasteiger charge is 2.32. The maximum atomic E-state index is 13.1. The Balaban J connectivity index is 1.52. The first-order valence-corrected chi connectivity index (χ1v) is 10.3. The molecule has 0 amide bonds. The molecule has 0 spiro atoms. The van der Waals surface area contributed by atoms with Crippen molar-refractivity contribution in [3.63, 3.8) is 0 Å². The third-order valence-electron chi connectivity index (χ3n) is 5.92. The third-order valence-corrected chi connectivity index (χ3v) is 5.92. The molecule has 2 aliphatic heterocycles. The van der Waals surface area contributed by atoms with Crippen LogP contribution in [0.3, 0.4) is 0 Å². The molecule has 3 heterocycles. The number of aromatic hydroxyl groups is 1. The molecule has 1 aromatic heterocycles. The predicted molar refractivity (Wildman–Crippen MR) is 117 cm³/mol. The molecule has 0 radical (unpaired) electrons. The van der Waals surface area contributed by atoms with E-state index in [9.17, 15) is 9.90 Å². The number of aryl methyl sites for hydroxylation is 1. The summed E-state index contributed by atoms with van der Waals surface area (Å²) in [4.78, 5) is 15.3. The fourth-order valence-electron chi connectivity index (χ4n) is 4.22. The van der Waals surface area contributed by atoms with E-state index in [1.54, 1.807) is 25.3 Å². The standard InChI is InChI=1S/C24H24N2O5/c1-25-13-15(18-12-16(29-2)3-5-20(18)25)11-22-23(28)17-4-6-21(27)19(24(17)31-22)14-26-7-9-30-10-8-26/h3-6,11-13,27H,7-10,14H2,1-2H3/b22-11-. The van der Waals surface area contributed by atoms with Gasteiger partial charge in [-0.2, -0.15) is 0 Å². The van der Waals surface area contributed by atoms with Crippen molar-refractivity contribution in [2.75, 3.05) is 33.4 Å². The Kier molecular flexibility index (Phi) is 4.92. The Labute approximate surface area is 180 Å². The summed E-state index contributed by atoms with van der Waals surface area (Å²) in [5, 5.41) is 11.5. The van der Waals surface area contributed by atoms with Gasteiger partial charge in [0.1, 0.15) is 17.2 Å². The van der Waals surface area contributed by atoms with Gasteiger partial charge in [0.15, 0.2) is 5.76 Å². The number of ether oxygens (including phenoxy) is 3. The second-order valence-corrected chi connectivity index (χ2v) is 7.85. The number of methoxy groups -OCH3 is 1. The van der Waals surface area contributed by atoms with Gasteiger partial charge in [0, 0.05) is 49.3 Å². The van der Waals surface area contributed by atoms with Crippen molar-refractivity contribution >= 4 is 22.8 Å². The van der Waals surface area contributed by atoms with Crippen LogP contribution in [0.25, 0.3) is 17.0 Å². The van der Waals surface area contributed by atoms with Crippen LogP contribution in [0.1, 0.15) is 21.5 Å². The van der Waals surface area contributed by atoms with Crippen LogP contribution in [0.2, 0.25) is 0 Å². The molecule has 3 aromatic rings. The minimum absolute atomic E-state index is 0.134. The van der Waals surface area contributed by atoms with E-state index >= 15 is 0 Å². The molecule has 0 saturated carbocycles. The Hall–Kier alpha value is -3.29. The summed E-state index contributed by atoms with van der Waals surface area (Å²) in [6.07, 6.45) is 3.72. The van der Waals surface area contributed by atoms with E-state index in [2.05, 4.69) is 4.90 Å². The van der Waals surface area contributed by atoms with Crippen LogP contribution in [0.5, 0.6) is 17.2 Å². The molecule has 1 fully saturated rings. The van der Waals surface area contributed by atoms with Crippen molar-refractivity contribution < 1.29 is 24.1 Å². The van der Waals surface area contributed by atoms with Crippen molar-refractivity contribution in [3.05, 3.63) is 59.0 Å². The maximum absolute atomic E-state index is 13.1. The molecule has 31 heavy (non-hydrogen) atoms. The van der Waals surface area contributed by atoms with E-state index in [0.717, 1.165) is 35.3 Å². The van der Waals surface area contributed by atoms with E-state index < -0.39 is 0 Å². The Bertz CT molecular complexity index is 1200. The number of hydrogen-bond donors (Lipinski definition) is 1. The summed E-state index contributed by atoms with van der Waals surface area (Å²) in [5.41, 5.74) is 3.01. The molecule has 7 nitrogen and oxygen atoms in total. The highest BCUT2D eigenvalue weighted by atomic mass is 16.5. The van der Waals surface area contributed by atoms with Crippen LogP contribution >= 0.6 is 0 Å². The fourth-order valence-corrected chi connectivity index (χ4v) is 4.22. The smallest absolute Gasteiger partial charge is 0.231 e. The zero-order valence-electron chi connectivity index (χ0n) is 17.6. The number of morpholine rings is 1. The minimum Gasteiger partial charge on any atom is -0.507 e. The zero-order valence-corrected chi connectivity index (χ0v) is 17.6. The molecule has 160 valence electrons. The number of ketones is 1. The van der Waals surface area contributed by atoms with Crippen LogP contribution < -0.4 is 9.47 Å². The number of carbonyl (C=O) groups is 1. The maximum Gasteiger partial charge on any atom is 0.231 e. The Morgan fingerprint density at radius 2 is 2.00 bits per heavy atom. The summed E-state index contributed by atoms with van der Waals surface area (Å²) < 4.78 is 18.8. The predicted octanol–water partition coefficient (Wildman–Crippen LogP) is 3.34. The van der Waals surface area contributed by atoms with Gasteiger partial charge in [0.05, 0.1) is 31.5 Å². The molecular weight excluding hydrogens is 396 g/mol. The van der Waals surface area contributed by atoms with E-state index in [0.29, 0.717) is 36.6 Å². The number of carbonyl (C=O) groups excluding carboxylic acids is 1. The number of nitrogens with zero attached hydrogens (tertiary/aromatic N) is 2. The van der Waals surface area contributed by atoms with E-state index in [4.69, 9.17) is 14.2 Å². The lowest BCUT2D eigenvalue weighted by atomic mass is 10.0. The number of hydrogen-bond acceptors (Lipinski definition) is 6. The second kappa shape index (κ2) is 7.76. The number of Topliss-reactive ketones (excluding diaryl/α,β-unsaturated/α-hetero) is 1. The Morgan fingerprint density at radius 3 is 2.77 bits per heavy atom. The number of aromatic nitrogens is 1. The number of benzene rings is 2. The third kappa shape index (κ3) is 3.45. The van der Waals surface area contributed by atoms with Gasteiger partial charge < -0.3 is 23.9 Å².